The second-order valence-corrected chi connectivity index (χ2v) is 5.94. The van der Waals surface area contributed by atoms with Crippen LogP contribution in [0.25, 0.3) is 0 Å². The van der Waals surface area contributed by atoms with E-state index >= 15 is 0 Å². The lowest BCUT2D eigenvalue weighted by Crippen LogP contribution is -2.42. The molecule has 1 atom stereocenters. The minimum Gasteiger partial charge on any atom is -0.444 e. The van der Waals surface area contributed by atoms with E-state index in [-0.39, 0.29) is 4.90 Å². The van der Waals surface area contributed by atoms with Crippen molar-refractivity contribution in [2.24, 2.45) is 0 Å². The van der Waals surface area contributed by atoms with E-state index in [1.54, 1.807) is 0 Å². The highest BCUT2D eigenvalue weighted by molar-refractivity contribution is 9.10. The normalized spacial score (nSPS) is 40.2. The number of piperidine rings is 1. The van der Waals surface area contributed by atoms with E-state index in [4.69, 9.17) is 17.1 Å². The van der Waals surface area contributed by atoms with E-state index in [2.05, 4.69) is 20.9 Å². The molecular weight excluding hydrogens is 320 g/mol. The standard InChI is InChI=1S/C15H21BrN2O2/c1-15(2,3)20-14(19)18-8-4-5-11(10-18)13-9-12(16)6-7-17-13/h6-7,9,11H,4-5,8,10H2,1-3H3/i4D2,5D2,8D2,10D2,11D. The maximum absolute atomic E-state index is 12.8. The van der Waals surface area contributed by atoms with Gasteiger partial charge in [0.1, 0.15) is 5.60 Å². The Kier molecular flexibility index (Phi) is 2.22. The van der Waals surface area contributed by atoms with Crippen LogP contribution >= 0.6 is 15.9 Å². The van der Waals surface area contributed by atoms with Crippen molar-refractivity contribution >= 4 is 22.0 Å². The van der Waals surface area contributed by atoms with Gasteiger partial charge in [0.25, 0.3) is 0 Å². The summed E-state index contributed by atoms with van der Waals surface area (Å²) >= 11 is 3.12. The molecule has 110 valence electrons. The second kappa shape index (κ2) is 6.12. The summed E-state index contributed by atoms with van der Waals surface area (Å²) < 4.78 is 80.3. The molecule has 1 aromatic heterocycles. The molecule has 0 spiro atoms. The molecule has 5 heteroatoms. The lowest BCUT2D eigenvalue weighted by Gasteiger charge is -2.33. The van der Waals surface area contributed by atoms with Gasteiger partial charge >= 0.3 is 6.09 Å². The summed E-state index contributed by atoms with van der Waals surface area (Å²) in [7, 11) is 0. The molecule has 0 aliphatic carbocycles. The van der Waals surface area contributed by atoms with Crippen molar-refractivity contribution in [3.05, 3.63) is 28.5 Å². The van der Waals surface area contributed by atoms with Crippen LogP contribution < -0.4 is 0 Å². The molecular formula is C15H21BrN2O2. The van der Waals surface area contributed by atoms with Crippen LogP contribution in [0, 0.1) is 0 Å². The molecule has 1 amide bonds. The number of hydrogen-bond donors (Lipinski definition) is 0. The van der Waals surface area contributed by atoms with Gasteiger partial charge in [0.2, 0.25) is 0 Å². The molecule has 1 aromatic rings. The molecule has 4 nitrogen and oxygen atoms in total. The van der Waals surface area contributed by atoms with Gasteiger partial charge in [-0.1, -0.05) is 15.9 Å². The van der Waals surface area contributed by atoms with Gasteiger partial charge in [-0.2, -0.15) is 0 Å². The summed E-state index contributed by atoms with van der Waals surface area (Å²) in [5.74, 6) is -3.14. The van der Waals surface area contributed by atoms with E-state index in [0.29, 0.717) is 4.47 Å². The quantitative estimate of drug-likeness (QED) is 0.770. The summed E-state index contributed by atoms with van der Waals surface area (Å²) in [6.07, 6.45) is -7.34. The molecule has 0 radical (unpaired) electrons. The topological polar surface area (TPSA) is 42.4 Å². The second-order valence-electron chi connectivity index (χ2n) is 5.02. The maximum Gasteiger partial charge on any atom is 0.410 e. The molecule has 0 bridgehead atoms. The Hall–Kier alpha value is -1.10. The number of hydrogen-bond acceptors (Lipinski definition) is 3. The zero-order chi connectivity index (χ0) is 22.8. The summed E-state index contributed by atoms with van der Waals surface area (Å²) in [4.78, 5) is 16.4. The monoisotopic (exact) mass is 349 g/mol. The predicted molar refractivity (Wildman–Crippen MR) is 81.7 cm³/mol. The zero-order valence-electron chi connectivity index (χ0n) is 20.3. The highest BCUT2D eigenvalue weighted by Crippen LogP contribution is 2.27. The molecule has 1 aliphatic heterocycles. The molecule has 0 aromatic carbocycles. The minimum atomic E-state index is -3.51. The minimum absolute atomic E-state index is 0.165. The third-order valence-electron chi connectivity index (χ3n) is 2.13. The summed E-state index contributed by atoms with van der Waals surface area (Å²) in [5.41, 5.74) is -1.69. The van der Waals surface area contributed by atoms with Crippen molar-refractivity contribution in [1.29, 1.82) is 0 Å². The van der Waals surface area contributed by atoms with Crippen molar-refractivity contribution in [3.63, 3.8) is 0 Å². The average molecular weight is 350 g/mol. The number of ether oxygens (including phenoxy) is 1. The van der Waals surface area contributed by atoms with Crippen LogP contribution in [0.4, 0.5) is 4.79 Å². The zero-order valence-corrected chi connectivity index (χ0v) is 12.9. The lowest BCUT2D eigenvalue weighted by atomic mass is 9.94. The molecule has 2 rings (SSSR count). The van der Waals surface area contributed by atoms with Crippen molar-refractivity contribution in [2.75, 3.05) is 13.0 Å². The smallest absolute Gasteiger partial charge is 0.410 e. The van der Waals surface area contributed by atoms with Gasteiger partial charge in [-0.3, -0.25) is 4.98 Å². The number of carbonyl (C=O) groups is 1. The summed E-state index contributed by atoms with van der Waals surface area (Å²) in [6.45, 7) is -2.51. The first kappa shape index (κ1) is 7.25. The average Bonchev–Trinajstić information content (AvgIpc) is 2.50. The van der Waals surface area contributed by atoms with Gasteiger partial charge in [0.15, 0.2) is 0 Å². The Labute approximate surface area is 141 Å². The number of likely N-dealkylation sites (tertiary alicyclic amines) is 1. The van der Waals surface area contributed by atoms with E-state index in [1.165, 1.54) is 33.0 Å². The first-order chi connectivity index (χ1) is 12.7. The number of amides is 1. The number of rotatable bonds is 1. The Morgan fingerprint density at radius 3 is 3.05 bits per heavy atom. The number of aromatic nitrogens is 1. The van der Waals surface area contributed by atoms with Crippen LogP contribution in [0.2, 0.25) is 0 Å². The van der Waals surface area contributed by atoms with Gasteiger partial charge in [-0.15, -0.1) is 0 Å². The molecule has 1 fully saturated rings. The van der Waals surface area contributed by atoms with Gasteiger partial charge in [-0.05, 0) is 45.6 Å². The molecule has 1 aliphatic rings. The van der Waals surface area contributed by atoms with Gasteiger partial charge in [-0.25, -0.2) is 4.79 Å². The van der Waals surface area contributed by atoms with Crippen molar-refractivity contribution in [2.45, 2.75) is 45.0 Å². The van der Waals surface area contributed by atoms with E-state index < -0.39 is 49.0 Å². The van der Waals surface area contributed by atoms with E-state index in [1.807, 2.05) is 0 Å². The first-order valence-electron chi connectivity index (χ1n) is 10.4. The summed E-state index contributed by atoms with van der Waals surface area (Å²) in [5, 5.41) is 0. The Balaban J connectivity index is 2.86. The molecule has 1 saturated heterocycles. The number of carbonyl (C=O) groups excluding carboxylic acids is 1. The molecule has 0 N–H and O–H groups in total. The molecule has 0 saturated carbocycles. The highest BCUT2D eigenvalue weighted by atomic mass is 79.9. The third kappa shape index (κ3) is 4.20. The van der Waals surface area contributed by atoms with Crippen LogP contribution in [-0.2, 0) is 4.74 Å². The summed E-state index contributed by atoms with van der Waals surface area (Å²) in [6, 6.07) is 2.58. The third-order valence-corrected chi connectivity index (χ3v) is 2.63. The fourth-order valence-corrected chi connectivity index (χ4v) is 1.71. The number of nitrogens with zero attached hydrogens (tertiary/aromatic N) is 2. The SMILES string of the molecule is [2H]C1([2H])N(C(=O)OC(C)(C)C)C([2H])([2H])C([2H])(c2cc(Br)ccn2)C([2H])([2H])C1([2H])[2H]. The van der Waals surface area contributed by atoms with Crippen LogP contribution in [0.5, 0.6) is 0 Å². The lowest BCUT2D eigenvalue weighted by molar-refractivity contribution is 0.0197. The molecule has 1 unspecified atom stereocenters. The number of halogens is 1. The highest BCUT2D eigenvalue weighted by Gasteiger charge is 2.28. The van der Waals surface area contributed by atoms with Crippen molar-refractivity contribution in [1.82, 2.24) is 9.88 Å². The van der Waals surface area contributed by atoms with E-state index in [9.17, 15) is 4.79 Å². The van der Waals surface area contributed by atoms with Crippen LogP contribution in [0.3, 0.4) is 0 Å². The van der Waals surface area contributed by atoms with Crippen LogP contribution in [0.1, 0.15) is 57.4 Å². The van der Waals surface area contributed by atoms with E-state index in [0.717, 1.165) is 6.07 Å². The van der Waals surface area contributed by atoms with Crippen molar-refractivity contribution in [3.8, 4) is 0 Å². The fraction of sp³-hybridized carbons (Fsp3) is 0.600. The maximum atomic E-state index is 12.8. The Bertz CT molecular complexity index is 828. The number of pyridine rings is 1. The predicted octanol–water partition coefficient (Wildman–Crippen LogP) is 3.96. The fourth-order valence-electron chi connectivity index (χ4n) is 1.38. The largest absolute Gasteiger partial charge is 0.444 e. The van der Waals surface area contributed by atoms with Gasteiger partial charge < -0.3 is 9.64 Å². The Morgan fingerprint density at radius 2 is 2.40 bits per heavy atom. The first-order valence-corrected chi connectivity index (χ1v) is 6.70. The van der Waals surface area contributed by atoms with Gasteiger partial charge in [0.05, 0.1) is 2.74 Å². The molecule has 20 heavy (non-hydrogen) atoms. The van der Waals surface area contributed by atoms with Crippen LogP contribution in [0.15, 0.2) is 22.8 Å². The van der Waals surface area contributed by atoms with Crippen LogP contribution in [-0.4, -0.2) is 34.6 Å². The van der Waals surface area contributed by atoms with Gasteiger partial charge in [0, 0.05) is 44.8 Å². The van der Waals surface area contributed by atoms with Crippen molar-refractivity contribution < 1.29 is 21.9 Å². The Morgan fingerprint density at radius 1 is 1.65 bits per heavy atom. The molecule has 2 heterocycles.